The summed E-state index contributed by atoms with van der Waals surface area (Å²) in [7, 11) is 3.34. The number of nitrogens with one attached hydrogen (secondary N) is 1. The van der Waals surface area contributed by atoms with Gasteiger partial charge in [0.05, 0.1) is 5.69 Å². The number of halogens is 1. The van der Waals surface area contributed by atoms with Crippen molar-refractivity contribution < 1.29 is 9.53 Å². The van der Waals surface area contributed by atoms with Crippen LogP contribution in [0.3, 0.4) is 0 Å². The molecule has 0 bridgehead atoms. The highest BCUT2D eigenvalue weighted by Gasteiger charge is 2.23. The highest BCUT2D eigenvalue weighted by Crippen LogP contribution is 2.34. The minimum Gasteiger partial charge on any atom is -0.410 e. The Kier molecular flexibility index (Phi) is 5.01. The quantitative estimate of drug-likeness (QED) is 0.870. The van der Waals surface area contributed by atoms with Crippen LogP contribution < -0.4 is 10.2 Å². The molecule has 0 spiro atoms. The topological polar surface area (TPSA) is 57.7 Å². The van der Waals surface area contributed by atoms with Gasteiger partial charge in [-0.3, -0.25) is 4.98 Å². The molecule has 0 saturated carbocycles. The molecule has 1 aliphatic heterocycles. The normalized spacial score (nSPS) is 14.0. The van der Waals surface area contributed by atoms with Gasteiger partial charge in [-0.25, -0.2) is 9.80 Å². The number of anilines is 1. The lowest BCUT2D eigenvalue weighted by Gasteiger charge is -2.31. The van der Waals surface area contributed by atoms with Crippen LogP contribution in [0.15, 0.2) is 41.1 Å². The maximum absolute atomic E-state index is 11.9. The van der Waals surface area contributed by atoms with Crippen LogP contribution in [-0.4, -0.2) is 41.6 Å². The van der Waals surface area contributed by atoms with E-state index >= 15 is 0 Å². The second kappa shape index (κ2) is 7.19. The summed E-state index contributed by atoms with van der Waals surface area (Å²) in [5, 5.41) is 2.11. The van der Waals surface area contributed by atoms with E-state index in [-0.39, 0.29) is 6.09 Å². The molecule has 0 radical (unpaired) electrons. The maximum atomic E-state index is 11.9. The molecule has 1 aliphatic rings. The summed E-state index contributed by atoms with van der Waals surface area (Å²) in [5.74, 6) is 0.605. The number of pyridine rings is 1. The van der Waals surface area contributed by atoms with Crippen molar-refractivity contribution in [1.29, 1.82) is 0 Å². The third kappa shape index (κ3) is 3.68. The number of hydrogen-bond donors (Lipinski definition) is 1. The van der Waals surface area contributed by atoms with Crippen molar-refractivity contribution in [2.75, 3.05) is 26.1 Å². The van der Waals surface area contributed by atoms with Crippen LogP contribution in [0, 0.1) is 0 Å². The predicted octanol–water partition coefficient (Wildman–Crippen LogP) is 3.29. The monoisotopic (exact) mass is 390 g/mol. The maximum Gasteiger partial charge on any atom is 0.414 e. The first kappa shape index (κ1) is 16.7. The predicted molar refractivity (Wildman–Crippen MR) is 95.8 cm³/mol. The number of fused-ring (bicyclic) bond motifs is 1. The molecular formula is C17H19BrN4O2. The number of hydrogen-bond acceptors (Lipinski definition) is 5. The number of rotatable bonds is 3. The number of carbonyl (C=O) groups excluding carboxylic acids is 1. The Morgan fingerprint density at radius 3 is 2.71 bits per heavy atom. The minimum atomic E-state index is -0.376. The Labute approximate surface area is 149 Å². The van der Waals surface area contributed by atoms with E-state index in [4.69, 9.17) is 4.74 Å². The van der Waals surface area contributed by atoms with Gasteiger partial charge < -0.3 is 15.1 Å². The van der Waals surface area contributed by atoms with E-state index in [2.05, 4.69) is 31.3 Å². The third-order valence-electron chi connectivity index (χ3n) is 3.84. The minimum absolute atomic E-state index is 0.376. The van der Waals surface area contributed by atoms with Crippen LogP contribution in [0.4, 0.5) is 10.5 Å². The highest BCUT2D eigenvalue weighted by molar-refractivity contribution is 9.10. The first-order valence-electron chi connectivity index (χ1n) is 7.65. The molecule has 7 heteroatoms. The van der Waals surface area contributed by atoms with Crippen LogP contribution in [0.1, 0.15) is 11.1 Å². The molecule has 0 aliphatic carbocycles. The van der Waals surface area contributed by atoms with Crippen LogP contribution in [-0.2, 0) is 13.0 Å². The summed E-state index contributed by atoms with van der Waals surface area (Å²) >= 11 is 3.60. The first-order chi connectivity index (χ1) is 11.5. The summed E-state index contributed by atoms with van der Waals surface area (Å²) in [6.45, 7) is 1.51. The van der Waals surface area contributed by atoms with E-state index in [1.54, 1.807) is 26.5 Å². The van der Waals surface area contributed by atoms with Crippen LogP contribution in [0.5, 0.6) is 5.75 Å². The average molecular weight is 391 g/mol. The Hall–Kier alpha value is -2.12. The molecule has 0 saturated heterocycles. The molecule has 1 aromatic heterocycles. The number of benzene rings is 1. The molecule has 1 amide bonds. The molecule has 0 unspecified atom stereocenters. The van der Waals surface area contributed by atoms with E-state index in [1.165, 1.54) is 10.5 Å². The van der Waals surface area contributed by atoms with Gasteiger partial charge in [-0.2, -0.15) is 0 Å². The first-order valence-corrected chi connectivity index (χ1v) is 8.45. The lowest BCUT2D eigenvalue weighted by Crippen LogP contribution is -2.36. The second-order valence-corrected chi connectivity index (χ2v) is 6.64. The van der Waals surface area contributed by atoms with Gasteiger partial charge in [0.15, 0.2) is 0 Å². The van der Waals surface area contributed by atoms with Gasteiger partial charge in [-0.1, -0.05) is 15.9 Å². The third-order valence-corrected chi connectivity index (χ3v) is 4.58. The van der Waals surface area contributed by atoms with Gasteiger partial charge in [-0.15, -0.1) is 0 Å². The Morgan fingerprint density at radius 2 is 2.00 bits per heavy atom. The number of nitrogens with zero attached hydrogens (tertiary/aromatic N) is 3. The number of ether oxygens (including phenoxy) is 1. The van der Waals surface area contributed by atoms with Gasteiger partial charge in [0.25, 0.3) is 0 Å². The van der Waals surface area contributed by atoms with E-state index in [1.807, 2.05) is 24.3 Å². The van der Waals surface area contributed by atoms with E-state index in [9.17, 15) is 4.79 Å². The van der Waals surface area contributed by atoms with Crippen molar-refractivity contribution in [1.82, 2.24) is 14.9 Å². The van der Waals surface area contributed by atoms with Gasteiger partial charge in [-0.05, 0) is 36.2 Å². The lowest BCUT2D eigenvalue weighted by molar-refractivity contribution is 0.170. The zero-order valence-corrected chi connectivity index (χ0v) is 15.2. The Balaban J connectivity index is 1.83. The van der Waals surface area contributed by atoms with Gasteiger partial charge in [0.2, 0.25) is 0 Å². The molecule has 0 atom stereocenters. The fourth-order valence-corrected chi connectivity index (χ4v) is 3.16. The van der Waals surface area contributed by atoms with Gasteiger partial charge in [0.1, 0.15) is 5.75 Å². The van der Waals surface area contributed by atoms with Crippen LogP contribution in [0.25, 0.3) is 0 Å². The number of aromatic nitrogens is 1. The summed E-state index contributed by atoms with van der Waals surface area (Å²) < 4.78 is 6.58. The lowest BCUT2D eigenvalue weighted by atomic mass is 10.00. The van der Waals surface area contributed by atoms with Crippen LogP contribution >= 0.6 is 15.9 Å². The van der Waals surface area contributed by atoms with E-state index < -0.39 is 0 Å². The van der Waals surface area contributed by atoms with Gasteiger partial charge >= 0.3 is 6.09 Å². The molecule has 1 aromatic carbocycles. The zero-order chi connectivity index (χ0) is 17.1. The Bertz CT molecular complexity index is 737. The molecule has 2 aromatic rings. The van der Waals surface area contributed by atoms with Crippen molar-refractivity contribution in [3.05, 3.63) is 52.3 Å². The van der Waals surface area contributed by atoms with Crippen molar-refractivity contribution >= 4 is 27.7 Å². The van der Waals surface area contributed by atoms with Crippen molar-refractivity contribution in [2.45, 2.75) is 13.0 Å². The standard InChI is InChI=1S/C17H19BrN4O2/c1-21(2)17(23)24-16-4-3-15(18)13-7-10-22(11-14(13)16)20-12-5-8-19-9-6-12/h3-6,8-9H,7,10-11H2,1-2H3,(H,19,20). The fraction of sp³-hybridized carbons (Fsp3) is 0.294. The van der Waals surface area contributed by atoms with E-state index in [0.717, 1.165) is 28.7 Å². The van der Waals surface area contributed by atoms with Crippen molar-refractivity contribution in [3.63, 3.8) is 0 Å². The molecule has 3 rings (SSSR count). The fourth-order valence-electron chi connectivity index (χ4n) is 2.59. The molecule has 2 heterocycles. The van der Waals surface area contributed by atoms with Gasteiger partial charge in [0, 0.05) is 49.6 Å². The van der Waals surface area contributed by atoms with E-state index in [0.29, 0.717) is 12.3 Å². The number of carbonyl (C=O) groups is 1. The van der Waals surface area contributed by atoms with Crippen LogP contribution in [0.2, 0.25) is 0 Å². The molecule has 0 fully saturated rings. The zero-order valence-electron chi connectivity index (χ0n) is 13.6. The van der Waals surface area contributed by atoms with Crippen molar-refractivity contribution in [2.24, 2.45) is 0 Å². The summed E-state index contributed by atoms with van der Waals surface area (Å²) in [5.41, 5.74) is 6.56. The molecule has 24 heavy (non-hydrogen) atoms. The SMILES string of the molecule is CN(C)C(=O)Oc1ccc(Br)c2c1CN(Nc1ccncc1)CC2. The highest BCUT2D eigenvalue weighted by atomic mass is 79.9. The number of hydrazine groups is 1. The molecule has 126 valence electrons. The molecule has 1 N–H and O–H groups in total. The second-order valence-electron chi connectivity index (χ2n) is 5.78. The Morgan fingerprint density at radius 1 is 1.25 bits per heavy atom. The summed E-state index contributed by atoms with van der Waals surface area (Å²) in [4.78, 5) is 17.4. The summed E-state index contributed by atoms with van der Waals surface area (Å²) in [6, 6.07) is 7.61. The van der Waals surface area contributed by atoms with Crippen molar-refractivity contribution in [3.8, 4) is 5.75 Å². The smallest absolute Gasteiger partial charge is 0.410 e. The number of amides is 1. The molecule has 6 nitrogen and oxygen atoms in total. The summed E-state index contributed by atoms with van der Waals surface area (Å²) in [6.07, 6.45) is 3.99. The largest absolute Gasteiger partial charge is 0.414 e. The average Bonchev–Trinajstić information content (AvgIpc) is 2.58. The molecular weight excluding hydrogens is 372 g/mol.